The number of amides is 2. The summed E-state index contributed by atoms with van der Waals surface area (Å²) in [5.74, 6) is 0.0834. The number of nitrogens with zero attached hydrogens (tertiary/aromatic N) is 2. The Hall–Kier alpha value is -2.40. The molecule has 0 radical (unpaired) electrons. The molecule has 0 aliphatic carbocycles. The second-order valence-corrected chi connectivity index (χ2v) is 7.76. The van der Waals surface area contributed by atoms with Crippen LogP contribution in [0.5, 0.6) is 0 Å². The van der Waals surface area contributed by atoms with Crippen molar-refractivity contribution in [2.45, 2.75) is 33.6 Å². The van der Waals surface area contributed by atoms with Gasteiger partial charge in [-0.15, -0.1) is 0 Å². The van der Waals surface area contributed by atoms with Crippen LogP contribution in [0.25, 0.3) is 0 Å². The Labute approximate surface area is 164 Å². The molecule has 1 aromatic heterocycles. The number of aromatic nitrogens is 1. The third-order valence-electron chi connectivity index (χ3n) is 4.86. The molecule has 0 bridgehead atoms. The summed E-state index contributed by atoms with van der Waals surface area (Å²) in [6.07, 6.45) is 5.12. The lowest BCUT2D eigenvalue weighted by molar-refractivity contribution is 0.0682. The lowest BCUT2D eigenvalue weighted by Gasteiger charge is -2.31. The molecule has 1 aromatic carbocycles. The van der Waals surface area contributed by atoms with Crippen molar-refractivity contribution >= 4 is 29.1 Å². The number of rotatable bonds is 3. The Balaban J connectivity index is 1.79. The summed E-state index contributed by atoms with van der Waals surface area (Å²) < 4.78 is 0. The molecule has 1 N–H and O–H groups in total. The standard InChI is InChI=1S/C21H24ClN3O2/c1-13-5-4-6-25(12-13)21(27)17-9-16(10-23-11-17)20(26)24-19-15(3)7-14(2)8-18(19)22/h7-11,13H,4-6,12H2,1-3H3,(H,24,26). The number of hydrogen-bond acceptors (Lipinski definition) is 3. The van der Waals surface area contributed by atoms with Crippen LogP contribution in [-0.4, -0.2) is 34.8 Å². The molecule has 1 aliphatic rings. The second kappa shape index (κ2) is 8.09. The largest absolute Gasteiger partial charge is 0.338 e. The third kappa shape index (κ3) is 4.48. The minimum Gasteiger partial charge on any atom is -0.338 e. The maximum atomic E-state index is 12.8. The van der Waals surface area contributed by atoms with Gasteiger partial charge in [-0.3, -0.25) is 14.6 Å². The molecule has 2 amide bonds. The molecule has 142 valence electrons. The average molecular weight is 386 g/mol. The first kappa shape index (κ1) is 19.4. The van der Waals surface area contributed by atoms with Crippen molar-refractivity contribution in [3.05, 3.63) is 57.9 Å². The molecule has 1 unspecified atom stereocenters. The molecular formula is C21H24ClN3O2. The van der Waals surface area contributed by atoms with Gasteiger partial charge in [-0.1, -0.05) is 24.6 Å². The lowest BCUT2D eigenvalue weighted by Crippen LogP contribution is -2.39. The number of carbonyl (C=O) groups is 2. The van der Waals surface area contributed by atoms with E-state index in [0.717, 1.165) is 37.1 Å². The number of aryl methyl sites for hydroxylation is 2. The van der Waals surface area contributed by atoms with E-state index in [1.807, 2.05) is 24.8 Å². The SMILES string of the molecule is Cc1cc(C)c(NC(=O)c2cncc(C(=O)N3CCCC(C)C3)c2)c(Cl)c1. The number of piperidine rings is 1. The van der Waals surface area contributed by atoms with Crippen molar-refractivity contribution in [3.8, 4) is 0 Å². The summed E-state index contributed by atoms with van der Waals surface area (Å²) in [7, 11) is 0. The van der Waals surface area contributed by atoms with Crippen LogP contribution in [0.1, 0.15) is 51.6 Å². The monoisotopic (exact) mass is 385 g/mol. The average Bonchev–Trinajstić information content (AvgIpc) is 2.64. The van der Waals surface area contributed by atoms with Crippen molar-refractivity contribution in [3.63, 3.8) is 0 Å². The van der Waals surface area contributed by atoms with E-state index in [1.54, 1.807) is 12.1 Å². The Kier molecular flexibility index (Phi) is 5.80. The highest BCUT2D eigenvalue weighted by Crippen LogP contribution is 2.28. The first-order chi connectivity index (χ1) is 12.8. The van der Waals surface area contributed by atoms with E-state index in [9.17, 15) is 9.59 Å². The van der Waals surface area contributed by atoms with Gasteiger partial charge in [0.2, 0.25) is 0 Å². The minimum absolute atomic E-state index is 0.0757. The second-order valence-electron chi connectivity index (χ2n) is 7.35. The minimum atomic E-state index is -0.335. The zero-order valence-corrected chi connectivity index (χ0v) is 16.6. The van der Waals surface area contributed by atoms with E-state index in [1.165, 1.54) is 12.4 Å². The van der Waals surface area contributed by atoms with Crippen LogP contribution in [-0.2, 0) is 0 Å². The van der Waals surface area contributed by atoms with E-state index in [0.29, 0.717) is 27.8 Å². The zero-order valence-electron chi connectivity index (χ0n) is 15.9. The van der Waals surface area contributed by atoms with Gasteiger partial charge in [-0.2, -0.15) is 0 Å². The Morgan fingerprint density at radius 1 is 1.19 bits per heavy atom. The number of benzene rings is 1. The van der Waals surface area contributed by atoms with Gasteiger partial charge in [0.25, 0.3) is 11.8 Å². The first-order valence-corrected chi connectivity index (χ1v) is 9.55. The van der Waals surface area contributed by atoms with Crippen LogP contribution >= 0.6 is 11.6 Å². The van der Waals surface area contributed by atoms with Crippen LogP contribution in [0, 0.1) is 19.8 Å². The molecule has 1 aliphatic heterocycles. The van der Waals surface area contributed by atoms with Crippen LogP contribution in [0.4, 0.5) is 5.69 Å². The highest BCUT2D eigenvalue weighted by molar-refractivity contribution is 6.34. The highest BCUT2D eigenvalue weighted by atomic mass is 35.5. The van der Waals surface area contributed by atoms with Gasteiger partial charge in [0.1, 0.15) is 0 Å². The molecule has 0 spiro atoms. The molecule has 1 saturated heterocycles. The summed E-state index contributed by atoms with van der Waals surface area (Å²) in [6, 6.07) is 5.36. The van der Waals surface area contributed by atoms with Gasteiger partial charge in [-0.05, 0) is 55.9 Å². The fourth-order valence-corrected chi connectivity index (χ4v) is 3.87. The van der Waals surface area contributed by atoms with Crippen LogP contribution in [0.2, 0.25) is 5.02 Å². The van der Waals surface area contributed by atoms with E-state index in [4.69, 9.17) is 11.6 Å². The molecule has 27 heavy (non-hydrogen) atoms. The van der Waals surface area contributed by atoms with Crippen molar-refractivity contribution in [2.24, 2.45) is 5.92 Å². The molecule has 1 atom stereocenters. The van der Waals surface area contributed by atoms with Crippen LogP contribution in [0.15, 0.2) is 30.6 Å². The predicted octanol–water partition coefficient (Wildman–Crippen LogP) is 4.48. The Morgan fingerprint density at radius 2 is 1.93 bits per heavy atom. The third-order valence-corrected chi connectivity index (χ3v) is 5.16. The normalized spacial score (nSPS) is 16.9. The first-order valence-electron chi connectivity index (χ1n) is 9.17. The fourth-order valence-electron chi connectivity index (χ4n) is 3.50. The van der Waals surface area contributed by atoms with Crippen molar-refractivity contribution in [2.75, 3.05) is 18.4 Å². The van der Waals surface area contributed by atoms with Crippen LogP contribution < -0.4 is 5.32 Å². The number of hydrogen-bond donors (Lipinski definition) is 1. The number of anilines is 1. The maximum Gasteiger partial charge on any atom is 0.257 e. The molecule has 6 heteroatoms. The highest BCUT2D eigenvalue weighted by Gasteiger charge is 2.23. The molecule has 5 nitrogen and oxygen atoms in total. The van der Waals surface area contributed by atoms with Gasteiger partial charge in [-0.25, -0.2) is 0 Å². The lowest BCUT2D eigenvalue weighted by atomic mass is 9.99. The van der Waals surface area contributed by atoms with Crippen molar-refractivity contribution < 1.29 is 9.59 Å². The van der Waals surface area contributed by atoms with Crippen molar-refractivity contribution in [1.82, 2.24) is 9.88 Å². The van der Waals surface area contributed by atoms with Gasteiger partial charge >= 0.3 is 0 Å². The maximum absolute atomic E-state index is 12.8. The van der Waals surface area contributed by atoms with E-state index < -0.39 is 0 Å². The summed E-state index contributed by atoms with van der Waals surface area (Å²) in [4.78, 5) is 31.4. The number of likely N-dealkylation sites (tertiary alicyclic amines) is 1. The number of halogens is 1. The number of carbonyl (C=O) groups excluding carboxylic acids is 2. The molecular weight excluding hydrogens is 362 g/mol. The molecule has 2 aromatic rings. The Bertz CT molecular complexity index is 858. The summed E-state index contributed by atoms with van der Waals surface area (Å²) in [5, 5.41) is 3.33. The Morgan fingerprint density at radius 3 is 2.63 bits per heavy atom. The van der Waals surface area contributed by atoms with Gasteiger partial charge in [0.15, 0.2) is 0 Å². The fraction of sp³-hybridized carbons (Fsp3) is 0.381. The summed E-state index contributed by atoms with van der Waals surface area (Å²) >= 11 is 6.27. The van der Waals surface area contributed by atoms with Crippen LogP contribution in [0.3, 0.4) is 0 Å². The van der Waals surface area contributed by atoms with E-state index in [2.05, 4.69) is 17.2 Å². The van der Waals surface area contributed by atoms with Gasteiger partial charge in [0, 0.05) is 25.5 Å². The molecule has 3 rings (SSSR count). The molecule has 1 fully saturated rings. The van der Waals surface area contributed by atoms with E-state index >= 15 is 0 Å². The predicted molar refractivity (Wildman–Crippen MR) is 107 cm³/mol. The van der Waals surface area contributed by atoms with Gasteiger partial charge < -0.3 is 10.2 Å². The molecule has 2 heterocycles. The topological polar surface area (TPSA) is 62.3 Å². The number of pyridine rings is 1. The quantitative estimate of drug-likeness (QED) is 0.847. The van der Waals surface area contributed by atoms with Gasteiger partial charge in [0.05, 0.1) is 21.8 Å². The molecule has 0 saturated carbocycles. The smallest absolute Gasteiger partial charge is 0.257 e. The number of nitrogens with one attached hydrogen (secondary N) is 1. The van der Waals surface area contributed by atoms with Crippen molar-refractivity contribution in [1.29, 1.82) is 0 Å². The van der Waals surface area contributed by atoms with E-state index in [-0.39, 0.29) is 11.8 Å². The zero-order chi connectivity index (χ0) is 19.6. The summed E-state index contributed by atoms with van der Waals surface area (Å²) in [5.41, 5.74) is 3.26. The summed E-state index contributed by atoms with van der Waals surface area (Å²) in [6.45, 7) is 7.48.